The number of phenolic OH excluding ortho intramolecular Hbond substituents is 1. The highest BCUT2D eigenvalue weighted by molar-refractivity contribution is 7.15. The summed E-state index contributed by atoms with van der Waals surface area (Å²) in [5, 5.41) is 19.1. The summed E-state index contributed by atoms with van der Waals surface area (Å²) in [6.07, 6.45) is 8.37. The lowest BCUT2D eigenvalue weighted by atomic mass is 9.53. The van der Waals surface area contributed by atoms with E-state index in [1.807, 2.05) is 19.9 Å². The van der Waals surface area contributed by atoms with Gasteiger partial charge in [-0.15, -0.1) is 11.3 Å². The lowest BCUT2D eigenvalue weighted by Gasteiger charge is -2.50. The lowest BCUT2D eigenvalue weighted by Crippen LogP contribution is -2.44. The van der Waals surface area contributed by atoms with Crippen LogP contribution in [0.1, 0.15) is 101 Å². The molecule has 0 bridgehead atoms. The van der Waals surface area contributed by atoms with Crippen LogP contribution in [-0.2, 0) is 21.5 Å². The molecule has 5 atom stereocenters. The first-order valence-corrected chi connectivity index (χ1v) is 15.1. The van der Waals surface area contributed by atoms with Gasteiger partial charge in [0.2, 0.25) is 5.91 Å². The van der Waals surface area contributed by atoms with Gasteiger partial charge in [0.25, 0.3) is 0 Å². The Morgan fingerprint density at radius 3 is 2.79 bits per heavy atom. The largest absolute Gasteiger partial charge is 0.508 e. The number of fused-ring (bicyclic) bond motifs is 5. The minimum atomic E-state index is -0.105. The third-order valence-electron chi connectivity index (χ3n) is 9.44. The molecule has 2 aromatic rings. The van der Waals surface area contributed by atoms with Crippen LogP contribution < -0.4 is 5.32 Å². The minimum absolute atomic E-state index is 0.00514. The van der Waals surface area contributed by atoms with Gasteiger partial charge in [0, 0.05) is 22.9 Å². The highest BCUT2D eigenvalue weighted by Gasteiger charge is 2.57. The molecule has 3 unspecified atom stereocenters. The zero-order chi connectivity index (χ0) is 27.2. The minimum Gasteiger partial charge on any atom is -0.508 e. The fraction of sp³-hybridized carbons (Fsp3) is 0.645. The Bertz CT molecular complexity index is 1230. The van der Waals surface area contributed by atoms with Gasteiger partial charge in [0.1, 0.15) is 12.4 Å². The highest BCUT2D eigenvalue weighted by Crippen LogP contribution is 2.63. The van der Waals surface area contributed by atoms with Crippen molar-refractivity contribution >= 4 is 28.1 Å². The van der Waals surface area contributed by atoms with Gasteiger partial charge in [-0.05, 0) is 104 Å². The molecule has 0 radical (unpaired) electrons. The summed E-state index contributed by atoms with van der Waals surface area (Å²) in [6.45, 7) is 13.5. The number of carbonyl (C=O) groups is 1. The third-order valence-corrected chi connectivity index (χ3v) is 10.3. The van der Waals surface area contributed by atoms with E-state index in [0.29, 0.717) is 47.6 Å². The number of nitrogens with zero attached hydrogens (tertiary/aromatic N) is 2. The average Bonchev–Trinajstić information content (AvgIpc) is 3.39. The second kappa shape index (κ2) is 10.3. The molecule has 2 saturated carbocycles. The number of carbonyl (C=O) groups excluding carboxylic acids is 1. The van der Waals surface area contributed by atoms with E-state index in [1.165, 1.54) is 28.2 Å². The predicted molar refractivity (Wildman–Crippen MR) is 154 cm³/mol. The number of amides is 1. The van der Waals surface area contributed by atoms with Crippen molar-refractivity contribution in [3.8, 4) is 5.75 Å². The normalized spacial score (nSPS) is 29.5. The summed E-state index contributed by atoms with van der Waals surface area (Å²) >= 11 is 1.52. The number of oxime groups is 1. The summed E-state index contributed by atoms with van der Waals surface area (Å²) in [5.41, 5.74) is 4.89. The number of phenols is 1. The third kappa shape index (κ3) is 4.99. The monoisotopic (exact) mass is 537 g/mol. The van der Waals surface area contributed by atoms with Crippen LogP contribution in [0.2, 0.25) is 0 Å². The van der Waals surface area contributed by atoms with Crippen LogP contribution in [0, 0.1) is 30.1 Å². The number of benzene rings is 1. The molecule has 2 N–H and O–H groups in total. The van der Waals surface area contributed by atoms with E-state index in [-0.39, 0.29) is 16.7 Å². The summed E-state index contributed by atoms with van der Waals surface area (Å²) in [7, 11) is 0. The Labute approximate surface area is 231 Å². The lowest BCUT2D eigenvalue weighted by molar-refractivity contribution is -0.116. The van der Waals surface area contributed by atoms with Gasteiger partial charge >= 0.3 is 0 Å². The number of rotatable bonds is 6. The standard InChI is InChI=1S/C31H43N3O3S/c1-7-37-34-26-15-20(9-11-27(36)33-29-32-17-18(2)38-29)28-22-10-8-19-14-25(35)24(30(3,4)5)16-23(19)21(22)12-13-31(26,28)6/h14,16-17,20-22,28,35H,7-13,15H2,1-6H3,(H,32,33,36)/t20-,21?,22?,28?,31-/m1/s1. The first-order chi connectivity index (χ1) is 18.0. The second-order valence-electron chi connectivity index (χ2n) is 12.9. The molecule has 1 aromatic heterocycles. The molecule has 0 aliphatic heterocycles. The molecule has 5 rings (SSSR count). The van der Waals surface area contributed by atoms with Gasteiger partial charge < -0.3 is 15.3 Å². The molecule has 0 saturated heterocycles. The van der Waals surface area contributed by atoms with E-state index in [0.717, 1.165) is 49.0 Å². The molecule has 6 nitrogen and oxygen atoms in total. The van der Waals surface area contributed by atoms with Crippen molar-refractivity contribution in [1.29, 1.82) is 0 Å². The molecule has 38 heavy (non-hydrogen) atoms. The van der Waals surface area contributed by atoms with Gasteiger partial charge in [-0.1, -0.05) is 38.9 Å². The molecule has 0 spiro atoms. The molecule has 1 aromatic carbocycles. The topological polar surface area (TPSA) is 83.8 Å². The van der Waals surface area contributed by atoms with Crippen molar-refractivity contribution in [2.45, 2.75) is 97.8 Å². The van der Waals surface area contributed by atoms with Crippen molar-refractivity contribution in [3.63, 3.8) is 0 Å². The van der Waals surface area contributed by atoms with Crippen LogP contribution in [0.4, 0.5) is 5.13 Å². The fourth-order valence-electron chi connectivity index (χ4n) is 7.75. The van der Waals surface area contributed by atoms with Gasteiger partial charge in [0.05, 0.1) is 5.71 Å². The molecule has 3 aliphatic rings. The van der Waals surface area contributed by atoms with Crippen molar-refractivity contribution in [1.82, 2.24) is 4.98 Å². The van der Waals surface area contributed by atoms with Crippen LogP contribution >= 0.6 is 11.3 Å². The number of aromatic hydroxyl groups is 1. The average molecular weight is 538 g/mol. The van der Waals surface area contributed by atoms with Crippen LogP contribution in [-0.4, -0.2) is 28.3 Å². The van der Waals surface area contributed by atoms with Crippen LogP contribution in [0.5, 0.6) is 5.75 Å². The first kappa shape index (κ1) is 27.2. The van der Waals surface area contributed by atoms with Gasteiger partial charge in [0.15, 0.2) is 5.13 Å². The number of aromatic nitrogens is 1. The molecule has 7 heteroatoms. The van der Waals surface area contributed by atoms with E-state index >= 15 is 0 Å². The second-order valence-corrected chi connectivity index (χ2v) is 14.1. The van der Waals surface area contributed by atoms with Crippen LogP contribution in [0.25, 0.3) is 0 Å². The Balaban J connectivity index is 1.42. The molecule has 2 fully saturated rings. The number of anilines is 1. The highest BCUT2D eigenvalue weighted by atomic mass is 32.1. The maximum atomic E-state index is 12.9. The summed E-state index contributed by atoms with van der Waals surface area (Å²) < 4.78 is 0. The number of aryl methyl sites for hydroxylation is 2. The Hall–Kier alpha value is -2.41. The zero-order valence-corrected chi connectivity index (χ0v) is 24.6. The van der Waals surface area contributed by atoms with Gasteiger partial charge in [-0.2, -0.15) is 0 Å². The predicted octanol–water partition coefficient (Wildman–Crippen LogP) is 7.35. The summed E-state index contributed by atoms with van der Waals surface area (Å²) in [6, 6.07) is 4.35. The van der Waals surface area contributed by atoms with Crippen molar-refractivity contribution in [2.24, 2.45) is 28.3 Å². The SMILES string of the molecule is CCON=C1C[C@@H](CCC(=O)Nc2ncc(C)s2)C2C3CCc4cc(O)c(C(C)(C)C)cc4C3CC[C@]12C. The van der Waals surface area contributed by atoms with Gasteiger partial charge in [-0.25, -0.2) is 4.98 Å². The number of hydrogen-bond acceptors (Lipinski definition) is 6. The van der Waals surface area contributed by atoms with E-state index in [2.05, 4.69) is 49.2 Å². The molecule has 1 heterocycles. The quantitative estimate of drug-likeness (QED) is 0.377. The number of hydrogen-bond donors (Lipinski definition) is 2. The molecule has 206 valence electrons. The Kier molecular flexibility index (Phi) is 7.36. The van der Waals surface area contributed by atoms with Crippen LogP contribution in [0.15, 0.2) is 23.5 Å². The number of thiazole rings is 1. The first-order valence-electron chi connectivity index (χ1n) is 14.3. The van der Waals surface area contributed by atoms with E-state index < -0.39 is 0 Å². The Morgan fingerprint density at radius 1 is 1.32 bits per heavy atom. The smallest absolute Gasteiger partial charge is 0.226 e. The van der Waals surface area contributed by atoms with Crippen LogP contribution in [0.3, 0.4) is 0 Å². The maximum absolute atomic E-state index is 12.9. The van der Waals surface area contributed by atoms with E-state index in [9.17, 15) is 9.90 Å². The molecular formula is C31H43N3O3S. The van der Waals surface area contributed by atoms with E-state index in [1.54, 1.807) is 6.20 Å². The van der Waals surface area contributed by atoms with Gasteiger partial charge in [-0.3, -0.25) is 4.79 Å². The Morgan fingerprint density at radius 2 is 2.11 bits per heavy atom. The maximum Gasteiger partial charge on any atom is 0.226 e. The molecular weight excluding hydrogens is 494 g/mol. The number of nitrogens with one attached hydrogen (secondary N) is 1. The van der Waals surface area contributed by atoms with Crippen molar-refractivity contribution < 1.29 is 14.7 Å². The molecule has 3 aliphatic carbocycles. The van der Waals surface area contributed by atoms with E-state index in [4.69, 9.17) is 4.84 Å². The zero-order valence-electron chi connectivity index (χ0n) is 23.8. The fourth-order valence-corrected chi connectivity index (χ4v) is 8.43. The molecule has 1 amide bonds. The summed E-state index contributed by atoms with van der Waals surface area (Å²) in [4.78, 5) is 23.9. The van der Waals surface area contributed by atoms with Crippen molar-refractivity contribution in [2.75, 3.05) is 11.9 Å². The van der Waals surface area contributed by atoms with Crippen molar-refractivity contribution in [3.05, 3.63) is 39.9 Å². The summed E-state index contributed by atoms with van der Waals surface area (Å²) in [5.74, 6) is 2.37.